The van der Waals surface area contributed by atoms with Crippen molar-refractivity contribution in [2.45, 2.75) is 26.2 Å². The molecule has 0 aliphatic rings. The van der Waals surface area contributed by atoms with E-state index in [4.69, 9.17) is 8.83 Å². The van der Waals surface area contributed by atoms with Crippen molar-refractivity contribution in [3.8, 4) is 5.69 Å². The van der Waals surface area contributed by atoms with E-state index in [2.05, 4.69) is 49.6 Å². The van der Waals surface area contributed by atoms with Gasteiger partial charge in [-0.05, 0) is 53.4 Å². The third-order valence-electron chi connectivity index (χ3n) is 8.16. The SMILES string of the molecule is CC(C)(C)c1ccc2c(=O)c3cc4c(=O)c5cccc(-n6c7ccccc7c7ccccc76)c5oc4cc3oc2c1. The normalized spacial score (nSPS) is 12.5. The van der Waals surface area contributed by atoms with Crippen molar-refractivity contribution in [2.24, 2.45) is 0 Å². The second kappa shape index (κ2) is 8.18. The highest BCUT2D eigenvalue weighted by molar-refractivity contribution is 6.10. The zero-order valence-corrected chi connectivity index (χ0v) is 22.8. The van der Waals surface area contributed by atoms with Crippen LogP contribution in [0.1, 0.15) is 26.3 Å². The summed E-state index contributed by atoms with van der Waals surface area (Å²) in [5, 5.41) is 3.90. The van der Waals surface area contributed by atoms with Crippen molar-refractivity contribution in [1.29, 1.82) is 0 Å². The highest BCUT2D eigenvalue weighted by Crippen LogP contribution is 2.35. The molecule has 0 N–H and O–H groups in total. The zero-order valence-electron chi connectivity index (χ0n) is 22.8. The van der Waals surface area contributed by atoms with Crippen molar-refractivity contribution < 1.29 is 8.83 Å². The first-order chi connectivity index (χ1) is 19.8. The first-order valence-corrected chi connectivity index (χ1v) is 13.7. The Labute approximate surface area is 233 Å². The summed E-state index contributed by atoms with van der Waals surface area (Å²) >= 11 is 0. The van der Waals surface area contributed by atoms with Gasteiger partial charge in [0.15, 0.2) is 5.58 Å². The van der Waals surface area contributed by atoms with Gasteiger partial charge in [-0.25, -0.2) is 0 Å². The summed E-state index contributed by atoms with van der Waals surface area (Å²) in [6.07, 6.45) is 0. The van der Waals surface area contributed by atoms with E-state index >= 15 is 0 Å². The molecule has 41 heavy (non-hydrogen) atoms. The van der Waals surface area contributed by atoms with E-state index in [-0.39, 0.29) is 16.3 Å². The topological polar surface area (TPSA) is 65.3 Å². The van der Waals surface area contributed by atoms with Crippen LogP contribution in [-0.2, 0) is 5.41 Å². The van der Waals surface area contributed by atoms with Gasteiger partial charge in [0.2, 0.25) is 10.9 Å². The van der Waals surface area contributed by atoms with Gasteiger partial charge in [0.1, 0.15) is 16.7 Å². The molecule has 0 radical (unpaired) electrons. The number of benzene rings is 5. The molecular formula is C36H25NO4. The molecule has 0 spiro atoms. The molecule has 5 aromatic carbocycles. The standard InChI is InChI=1S/C36H25NO4/c1-36(2,3)20-15-16-23-30(17-20)40-31-19-32-26(18-25(31)33(23)38)34(39)24-11-8-14-29(35(24)41-32)37-27-12-6-4-9-21(27)22-10-5-7-13-28(22)37/h4-19H,1-3H3. The maximum absolute atomic E-state index is 13.9. The maximum Gasteiger partial charge on any atom is 0.200 e. The highest BCUT2D eigenvalue weighted by atomic mass is 16.3. The van der Waals surface area contributed by atoms with Crippen LogP contribution in [0.4, 0.5) is 0 Å². The Balaban J connectivity index is 1.47. The second-order valence-corrected chi connectivity index (χ2v) is 11.7. The summed E-state index contributed by atoms with van der Waals surface area (Å²) in [6.45, 7) is 6.36. The van der Waals surface area contributed by atoms with Gasteiger partial charge < -0.3 is 13.4 Å². The highest BCUT2D eigenvalue weighted by Gasteiger charge is 2.20. The molecule has 0 bridgehead atoms. The van der Waals surface area contributed by atoms with Crippen LogP contribution in [0.15, 0.2) is 115 Å². The van der Waals surface area contributed by atoms with Gasteiger partial charge in [-0.15, -0.1) is 0 Å². The molecule has 0 saturated carbocycles. The zero-order chi connectivity index (χ0) is 28.0. The van der Waals surface area contributed by atoms with Crippen LogP contribution in [0.3, 0.4) is 0 Å². The van der Waals surface area contributed by atoms with Gasteiger partial charge >= 0.3 is 0 Å². The molecule has 0 fully saturated rings. The fraction of sp³-hybridized carbons (Fsp3) is 0.111. The molecule has 5 nitrogen and oxygen atoms in total. The lowest BCUT2D eigenvalue weighted by molar-refractivity contribution is 0.586. The monoisotopic (exact) mass is 535 g/mol. The largest absolute Gasteiger partial charge is 0.456 e. The van der Waals surface area contributed by atoms with Crippen molar-refractivity contribution in [2.75, 3.05) is 0 Å². The lowest BCUT2D eigenvalue weighted by atomic mass is 9.86. The third kappa shape index (κ3) is 3.35. The molecule has 3 aromatic heterocycles. The molecule has 198 valence electrons. The second-order valence-electron chi connectivity index (χ2n) is 11.7. The van der Waals surface area contributed by atoms with Crippen LogP contribution in [0.5, 0.6) is 0 Å². The predicted octanol–water partition coefficient (Wildman–Crippen LogP) is 8.60. The van der Waals surface area contributed by atoms with E-state index in [1.54, 1.807) is 18.2 Å². The minimum absolute atomic E-state index is 0.0972. The summed E-state index contributed by atoms with van der Waals surface area (Å²) < 4.78 is 15.0. The maximum atomic E-state index is 13.9. The Bertz CT molecular complexity index is 2450. The Kier molecular flexibility index (Phi) is 4.73. The first kappa shape index (κ1) is 23.7. The average Bonchev–Trinajstić information content (AvgIpc) is 3.30. The summed E-state index contributed by atoms with van der Waals surface area (Å²) in [4.78, 5) is 27.4. The molecule has 0 amide bonds. The van der Waals surface area contributed by atoms with E-state index in [0.29, 0.717) is 43.9 Å². The number of hydrogen-bond acceptors (Lipinski definition) is 4. The number of hydrogen-bond donors (Lipinski definition) is 0. The number of rotatable bonds is 1. The van der Waals surface area contributed by atoms with Crippen molar-refractivity contribution >= 4 is 65.7 Å². The van der Waals surface area contributed by atoms with Crippen LogP contribution < -0.4 is 10.9 Å². The van der Waals surface area contributed by atoms with Crippen molar-refractivity contribution in [3.63, 3.8) is 0 Å². The van der Waals surface area contributed by atoms with Crippen LogP contribution in [0.25, 0.3) is 71.4 Å². The molecule has 8 rings (SSSR count). The number of aromatic nitrogens is 1. The molecular weight excluding hydrogens is 510 g/mol. The minimum Gasteiger partial charge on any atom is -0.456 e. The minimum atomic E-state index is -0.187. The predicted molar refractivity (Wildman–Crippen MR) is 167 cm³/mol. The van der Waals surface area contributed by atoms with Gasteiger partial charge in [-0.3, -0.25) is 9.59 Å². The lowest BCUT2D eigenvalue weighted by Crippen LogP contribution is -2.12. The molecule has 0 aliphatic carbocycles. The fourth-order valence-electron chi connectivity index (χ4n) is 6.03. The van der Waals surface area contributed by atoms with Crippen LogP contribution in [-0.4, -0.2) is 4.57 Å². The Hall–Kier alpha value is -5.16. The van der Waals surface area contributed by atoms with Crippen LogP contribution >= 0.6 is 0 Å². The van der Waals surface area contributed by atoms with E-state index in [0.717, 1.165) is 33.1 Å². The summed E-state index contributed by atoms with van der Waals surface area (Å²) in [5.74, 6) is 0. The molecule has 0 saturated heterocycles. The number of fused-ring (bicyclic) bond motifs is 7. The molecule has 0 unspecified atom stereocenters. The quantitative estimate of drug-likeness (QED) is 0.197. The smallest absolute Gasteiger partial charge is 0.200 e. The molecule has 3 heterocycles. The summed E-state index contributed by atoms with van der Waals surface area (Å²) in [7, 11) is 0. The summed E-state index contributed by atoms with van der Waals surface area (Å²) in [5.41, 5.74) is 5.20. The fourth-order valence-corrected chi connectivity index (χ4v) is 6.03. The van der Waals surface area contributed by atoms with E-state index in [9.17, 15) is 9.59 Å². The van der Waals surface area contributed by atoms with Crippen LogP contribution in [0, 0.1) is 0 Å². The molecule has 8 aromatic rings. The van der Waals surface area contributed by atoms with Gasteiger partial charge in [0.05, 0.1) is 38.3 Å². The van der Waals surface area contributed by atoms with Gasteiger partial charge in [-0.2, -0.15) is 0 Å². The van der Waals surface area contributed by atoms with Gasteiger partial charge in [0.25, 0.3) is 0 Å². The Morgan fingerprint density at radius 3 is 1.80 bits per heavy atom. The van der Waals surface area contributed by atoms with Crippen molar-refractivity contribution in [3.05, 3.63) is 123 Å². The van der Waals surface area contributed by atoms with Crippen molar-refractivity contribution in [1.82, 2.24) is 4.57 Å². The first-order valence-electron chi connectivity index (χ1n) is 13.7. The molecule has 0 aliphatic heterocycles. The molecule has 5 heteroatoms. The lowest BCUT2D eigenvalue weighted by Gasteiger charge is -2.19. The molecule has 0 atom stereocenters. The number of nitrogens with zero attached hydrogens (tertiary/aromatic N) is 1. The Morgan fingerprint density at radius 1 is 0.537 bits per heavy atom. The van der Waals surface area contributed by atoms with E-state index in [1.807, 2.05) is 54.6 Å². The number of para-hydroxylation sites is 3. The summed E-state index contributed by atoms with van der Waals surface area (Å²) in [6, 6.07) is 31.1. The van der Waals surface area contributed by atoms with Gasteiger partial charge in [-0.1, -0.05) is 69.3 Å². The Morgan fingerprint density at radius 2 is 1.12 bits per heavy atom. The van der Waals surface area contributed by atoms with E-state index < -0.39 is 0 Å². The van der Waals surface area contributed by atoms with Crippen LogP contribution in [0.2, 0.25) is 0 Å². The van der Waals surface area contributed by atoms with E-state index in [1.165, 1.54) is 0 Å². The average molecular weight is 536 g/mol. The third-order valence-corrected chi connectivity index (χ3v) is 8.16. The van der Waals surface area contributed by atoms with Gasteiger partial charge in [0, 0.05) is 16.8 Å².